The van der Waals surface area contributed by atoms with E-state index >= 15 is 0 Å². The third kappa shape index (κ3) is 3.33. The quantitative estimate of drug-likeness (QED) is 0.475. The number of halogens is 2. The Morgan fingerprint density at radius 1 is 1.20 bits per heavy atom. The molecule has 0 bridgehead atoms. The Bertz CT molecular complexity index is 1140. The van der Waals surface area contributed by atoms with Crippen LogP contribution in [0.1, 0.15) is 63.2 Å². The summed E-state index contributed by atoms with van der Waals surface area (Å²) in [7, 11) is 0. The van der Waals surface area contributed by atoms with Crippen LogP contribution in [-0.2, 0) is 4.74 Å². The van der Waals surface area contributed by atoms with Crippen molar-refractivity contribution in [3.05, 3.63) is 41.6 Å². The van der Waals surface area contributed by atoms with E-state index in [0.29, 0.717) is 25.1 Å². The van der Waals surface area contributed by atoms with E-state index in [2.05, 4.69) is 21.3 Å². The third-order valence-electron chi connectivity index (χ3n) is 6.56. The minimum absolute atomic E-state index is 0.00858. The van der Waals surface area contributed by atoms with Crippen LogP contribution in [0.4, 0.5) is 14.5 Å². The molecule has 7 heteroatoms. The number of hydrogen-bond acceptors (Lipinski definition) is 3. The van der Waals surface area contributed by atoms with Gasteiger partial charge in [0.1, 0.15) is 11.3 Å². The first-order valence-corrected chi connectivity index (χ1v) is 10.6. The number of fused-ring (bicyclic) bond motifs is 3. The molecule has 3 aromatic rings. The first-order valence-electron chi connectivity index (χ1n) is 10.6. The lowest BCUT2D eigenvalue weighted by Gasteiger charge is -2.33. The molecule has 0 spiro atoms. The molecule has 1 saturated heterocycles. The van der Waals surface area contributed by atoms with Gasteiger partial charge in [-0.1, -0.05) is 6.07 Å². The van der Waals surface area contributed by atoms with Crippen molar-refractivity contribution in [1.29, 1.82) is 0 Å². The zero-order valence-electron chi connectivity index (χ0n) is 16.9. The van der Waals surface area contributed by atoms with E-state index in [4.69, 9.17) is 16.3 Å². The van der Waals surface area contributed by atoms with E-state index in [-0.39, 0.29) is 30.9 Å². The van der Waals surface area contributed by atoms with Gasteiger partial charge in [-0.3, -0.25) is 4.98 Å². The van der Waals surface area contributed by atoms with Crippen molar-refractivity contribution in [3.63, 3.8) is 0 Å². The van der Waals surface area contributed by atoms with Gasteiger partial charge in [-0.25, -0.2) is 18.6 Å². The number of benzene rings is 1. The molecule has 2 aliphatic rings. The van der Waals surface area contributed by atoms with Crippen LogP contribution < -0.4 is 0 Å². The molecule has 1 unspecified atom stereocenters. The second-order valence-corrected chi connectivity index (χ2v) is 8.64. The van der Waals surface area contributed by atoms with Crippen LogP contribution in [0, 0.1) is 6.57 Å². The Balaban J connectivity index is 1.72. The minimum Gasteiger partial charge on any atom is -0.378 e. The highest BCUT2D eigenvalue weighted by Crippen LogP contribution is 2.44. The third-order valence-corrected chi connectivity index (χ3v) is 6.56. The van der Waals surface area contributed by atoms with Crippen molar-refractivity contribution < 1.29 is 13.5 Å². The van der Waals surface area contributed by atoms with E-state index in [9.17, 15) is 8.78 Å². The fraction of sp³-hybridized carbons (Fsp3) is 0.522. The van der Waals surface area contributed by atoms with E-state index in [0.717, 1.165) is 40.6 Å². The molecule has 0 amide bonds. The molecule has 30 heavy (non-hydrogen) atoms. The molecule has 5 rings (SSSR count). The maximum Gasteiger partial charge on any atom is 0.248 e. The van der Waals surface area contributed by atoms with Crippen molar-refractivity contribution in [3.8, 4) is 0 Å². The maximum atomic E-state index is 13.8. The van der Waals surface area contributed by atoms with Gasteiger partial charge in [0, 0.05) is 36.8 Å². The zero-order chi connectivity index (χ0) is 20.9. The standard InChI is InChI=1S/C23H24F2N4O/c1-14-11-17(7-10-30-14)29-21-18-12-16(26-2)3-4-19(18)27-13-20(21)28-22(29)15-5-8-23(24,25)9-6-15/h3-4,12-15,17H,5-11H2,1H3/t14-,17?/m1/s1. The molecular weight excluding hydrogens is 386 g/mol. The predicted octanol–water partition coefficient (Wildman–Crippen LogP) is 6.17. The van der Waals surface area contributed by atoms with E-state index < -0.39 is 5.92 Å². The predicted molar refractivity (Wildman–Crippen MR) is 111 cm³/mol. The summed E-state index contributed by atoms with van der Waals surface area (Å²) in [5, 5.41) is 0.903. The lowest BCUT2D eigenvalue weighted by Crippen LogP contribution is -2.29. The molecule has 156 valence electrons. The van der Waals surface area contributed by atoms with Crippen molar-refractivity contribution in [2.75, 3.05) is 6.61 Å². The Kier molecular flexibility index (Phi) is 4.70. The molecule has 1 aromatic carbocycles. The van der Waals surface area contributed by atoms with Crippen LogP contribution in [0.3, 0.4) is 0 Å². The van der Waals surface area contributed by atoms with Crippen LogP contribution >= 0.6 is 0 Å². The molecule has 2 fully saturated rings. The summed E-state index contributed by atoms with van der Waals surface area (Å²) >= 11 is 0. The lowest BCUT2D eigenvalue weighted by molar-refractivity contribution is -0.0393. The fourth-order valence-corrected chi connectivity index (χ4v) is 5.02. The lowest BCUT2D eigenvalue weighted by atomic mass is 9.86. The summed E-state index contributed by atoms with van der Waals surface area (Å²) in [4.78, 5) is 13.1. The monoisotopic (exact) mass is 410 g/mol. The molecule has 1 aliphatic heterocycles. The number of imidazole rings is 1. The van der Waals surface area contributed by atoms with Gasteiger partial charge >= 0.3 is 0 Å². The summed E-state index contributed by atoms with van der Waals surface area (Å²) in [6.45, 7) is 10.1. The highest BCUT2D eigenvalue weighted by atomic mass is 19.3. The number of aromatic nitrogens is 3. The van der Waals surface area contributed by atoms with Gasteiger partial charge in [-0.15, -0.1) is 0 Å². The van der Waals surface area contributed by atoms with Gasteiger partial charge in [0.2, 0.25) is 5.92 Å². The summed E-state index contributed by atoms with van der Waals surface area (Å²) < 4.78 is 35.7. The van der Waals surface area contributed by atoms with Crippen LogP contribution in [0.2, 0.25) is 0 Å². The maximum absolute atomic E-state index is 13.8. The normalized spacial score (nSPS) is 24.9. The molecule has 1 aliphatic carbocycles. The largest absolute Gasteiger partial charge is 0.378 e. The van der Waals surface area contributed by atoms with Gasteiger partial charge in [0.05, 0.1) is 29.9 Å². The highest BCUT2D eigenvalue weighted by molar-refractivity contribution is 6.03. The average molecular weight is 410 g/mol. The van der Waals surface area contributed by atoms with Gasteiger partial charge in [0.15, 0.2) is 5.69 Å². The number of rotatable bonds is 2. The first-order chi connectivity index (χ1) is 14.4. The topological polar surface area (TPSA) is 44.3 Å². The number of ether oxygens (including phenoxy) is 1. The molecule has 2 aromatic heterocycles. The zero-order valence-corrected chi connectivity index (χ0v) is 16.9. The number of nitrogens with zero attached hydrogens (tertiary/aromatic N) is 4. The number of pyridine rings is 1. The molecule has 2 atom stereocenters. The second kappa shape index (κ2) is 7.28. The van der Waals surface area contributed by atoms with Crippen molar-refractivity contribution >= 4 is 27.6 Å². The molecule has 0 radical (unpaired) electrons. The average Bonchev–Trinajstić information content (AvgIpc) is 3.13. The van der Waals surface area contributed by atoms with E-state index in [1.165, 1.54) is 0 Å². The molecular formula is C23H24F2N4O. The Morgan fingerprint density at radius 3 is 2.73 bits per heavy atom. The summed E-state index contributed by atoms with van der Waals surface area (Å²) in [6.07, 6.45) is 4.32. The van der Waals surface area contributed by atoms with Crippen molar-refractivity contribution in [1.82, 2.24) is 14.5 Å². The number of alkyl halides is 2. The van der Waals surface area contributed by atoms with Gasteiger partial charge in [-0.2, -0.15) is 0 Å². The van der Waals surface area contributed by atoms with Gasteiger partial charge in [-0.05, 0) is 44.7 Å². The smallest absolute Gasteiger partial charge is 0.248 e. The van der Waals surface area contributed by atoms with Crippen molar-refractivity contribution in [2.45, 2.75) is 69.4 Å². The first kappa shape index (κ1) is 19.4. The van der Waals surface area contributed by atoms with Crippen molar-refractivity contribution in [2.24, 2.45) is 0 Å². The molecule has 0 N–H and O–H groups in total. The Morgan fingerprint density at radius 2 is 2.00 bits per heavy atom. The minimum atomic E-state index is -2.57. The second-order valence-electron chi connectivity index (χ2n) is 8.64. The van der Waals surface area contributed by atoms with Crippen LogP contribution in [-0.4, -0.2) is 33.2 Å². The van der Waals surface area contributed by atoms with E-state index in [1.54, 1.807) is 12.3 Å². The van der Waals surface area contributed by atoms with Gasteiger partial charge in [0.25, 0.3) is 0 Å². The Labute approximate surface area is 173 Å². The van der Waals surface area contributed by atoms with Crippen LogP contribution in [0.15, 0.2) is 24.4 Å². The summed E-state index contributed by atoms with van der Waals surface area (Å²) in [5.74, 6) is -1.67. The number of hydrogen-bond donors (Lipinski definition) is 0. The fourth-order valence-electron chi connectivity index (χ4n) is 5.02. The molecule has 5 nitrogen and oxygen atoms in total. The summed E-state index contributed by atoms with van der Waals surface area (Å²) in [5.41, 5.74) is 3.12. The molecule has 1 saturated carbocycles. The van der Waals surface area contributed by atoms with Crippen LogP contribution in [0.25, 0.3) is 26.8 Å². The Hall–Kier alpha value is -2.59. The highest BCUT2D eigenvalue weighted by Gasteiger charge is 2.38. The SMILES string of the molecule is [C-]#[N+]c1ccc2ncc3nc(C4CCC(F)(F)CC4)n(C4CCO[C@H](C)C4)c3c2c1. The van der Waals surface area contributed by atoms with Crippen LogP contribution in [0.5, 0.6) is 0 Å². The summed E-state index contributed by atoms with van der Waals surface area (Å²) in [6, 6.07) is 5.71. The van der Waals surface area contributed by atoms with E-state index in [1.807, 2.05) is 12.1 Å². The molecule has 3 heterocycles. The van der Waals surface area contributed by atoms with Gasteiger partial charge < -0.3 is 9.30 Å².